The van der Waals surface area contributed by atoms with Gasteiger partial charge in [-0.25, -0.2) is 4.98 Å². The number of anilines is 1. The SMILES string of the molecule is CC(C)Oc1ccncc1NC(=O)c1ccnc(Cl)c1. The molecule has 5 nitrogen and oxygen atoms in total. The minimum atomic E-state index is -0.295. The third-order valence-corrected chi connectivity index (χ3v) is 2.59. The van der Waals surface area contributed by atoms with Crippen molar-refractivity contribution in [1.29, 1.82) is 0 Å². The fourth-order valence-corrected chi connectivity index (χ4v) is 1.74. The van der Waals surface area contributed by atoms with Gasteiger partial charge in [-0.3, -0.25) is 9.78 Å². The second-order valence-corrected chi connectivity index (χ2v) is 4.75. The predicted molar refractivity (Wildman–Crippen MR) is 77.2 cm³/mol. The molecule has 1 N–H and O–H groups in total. The zero-order chi connectivity index (χ0) is 14.5. The van der Waals surface area contributed by atoms with Gasteiger partial charge < -0.3 is 10.1 Å². The van der Waals surface area contributed by atoms with E-state index in [0.717, 1.165) is 0 Å². The highest BCUT2D eigenvalue weighted by molar-refractivity contribution is 6.29. The van der Waals surface area contributed by atoms with Crippen molar-refractivity contribution < 1.29 is 9.53 Å². The van der Waals surface area contributed by atoms with Gasteiger partial charge in [0.25, 0.3) is 5.91 Å². The Morgan fingerprint density at radius 1 is 1.35 bits per heavy atom. The van der Waals surface area contributed by atoms with E-state index in [-0.39, 0.29) is 17.2 Å². The van der Waals surface area contributed by atoms with Gasteiger partial charge >= 0.3 is 0 Å². The van der Waals surface area contributed by atoms with Gasteiger partial charge in [0, 0.05) is 24.0 Å². The summed E-state index contributed by atoms with van der Waals surface area (Å²) >= 11 is 5.76. The summed E-state index contributed by atoms with van der Waals surface area (Å²) in [6.07, 6.45) is 4.63. The summed E-state index contributed by atoms with van der Waals surface area (Å²) in [5, 5.41) is 3.01. The van der Waals surface area contributed by atoms with E-state index in [9.17, 15) is 4.79 Å². The monoisotopic (exact) mass is 291 g/mol. The van der Waals surface area contributed by atoms with Gasteiger partial charge in [0.2, 0.25) is 0 Å². The fourth-order valence-electron chi connectivity index (χ4n) is 1.57. The molecule has 0 aliphatic rings. The summed E-state index contributed by atoms with van der Waals surface area (Å²) in [6.45, 7) is 3.82. The first kappa shape index (κ1) is 14.3. The molecule has 0 unspecified atom stereocenters. The molecular formula is C14H14ClN3O2. The van der Waals surface area contributed by atoms with Crippen molar-refractivity contribution in [1.82, 2.24) is 9.97 Å². The summed E-state index contributed by atoms with van der Waals surface area (Å²) in [5.41, 5.74) is 0.934. The van der Waals surface area contributed by atoms with E-state index in [1.807, 2.05) is 13.8 Å². The molecule has 0 saturated carbocycles. The van der Waals surface area contributed by atoms with Gasteiger partial charge in [-0.1, -0.05) is 11.6 Å². The van der Waals surface area contributed by atoms with Crippen LogP contribution in [-0.2, 0) is 0 Å². The lowest BCUT2D eigenvalue weighted by Gasteiger charge is -2.14. The Hall–Kier alpha value is -2.14. The summed E-state index contributed by atoms with van der Waals surface area (Å²) in [4.78, 5) is 19.9. The molecule has 0 bridgehead atoms. The second kappa shape index (κ2) is 6.34. The molecule has 2 aromatic heterocycles. The van der Waals surface area contributed by atoms with Crippen LogP contribution in [0.4, 0.5) is 5.69 Å². The average Bonchev–Trinajstić information content (AvgIpc) is 2.40. The van der Waals surface area contributed by atoms with Gasteiger partial charge in [-0.15, -0.1) is 0 Å². The molecule has 0 saturated heterocycles. The smallest absolute Gasteiger partial charge is 0.255 e. The van der Waals surface area contributed by atoms with Crippen molar-refractivity contribution in [3.8, 4) is 5.75 Å². The largest absolute Gasteiger partial charge is 0.489 e. The Bertz CT molecular complexity index is 617. The molecule has 0 aliphatic carbocycles. The van der Waals surface area contributed by atoms with Gasteiger partial charge in [0.1, 0.15) is 16.6 Å². The number of carbonyl (C=O) groups excluding carboxylic acids is 1. The quantitative estimate of drug-likeness (QED) is 0.879. The standard InChI is InChI=1S/C14H14ClN3O2/c1-9(2)20-12-4-5-16-8-11(12)18-14(19)10-3-6-17-13(15)7-10/h3-9H,1-2H3,(H,18,19). The maximum Gasteiger partial charge on any atom is 0.255 e. The van der Waals surface area contributed by atoms with Gasteiger partial charge in [0.05, 0.1) is 12.3 Å². The lowest BCUT2D eigenvalue weighted by atomic mass is 10.2. The number of carbonyl (C=O) groups is 1. The van der Waals surface area contributed by atoms with Crippen LogP contribution < -0.4 is 10.1 Å². The van der Waals surface area contributed by atoms with E-state index >= 15 is 0 Å². The maximum absolute atomic E-state index is 12.1. The van der Waals surface area contributed by atoms with E-state index in [4.69, 9.17) is 16.3 Å². The first-order valence-electron chi connectivity index (χ1n) is 6.10. The van der Waals surface area contributed by atoms with E-state index < -0.39 is 0 Å². The van der Waals surface area contributed by atoms with Crippen LogP contribution in [0.3, 0.4) is 0 Å². The summed E-state index contributed by atoms with van der Waals surface area (Å²) in [5.74, 6) is 0.277. The molecule has 0 fully saturated rings. The number of ether oxygens (including phenoxy) is 1. The third-order valence-electron chi connectivity index (χ3n) is 2.38. The molecule has 2 heterocycles. The average molecular weight is 292 g/mol. The zero-order valence-corrected chi connectivity index (χ0v) is 11.9. The molecule has 104 valence electrons. The van der Waals surface area contributed by atoms with Crippen molar-refractivity contribution in [3.05, 3.63) is 47.5 Å². The Labute approximate surface area is 122 Å². The number of rotatable bonds is 4. The van der Waals surface area contributed by atoms with Crippen molar-refractivity contribution in [2.24, 2.45) is 0 Å². The van der Waals surface area contributed by atoms with Crippen LogP contribution in [0, 0.1) is 0 Å². The van der Waals surface area contributed by atoms with Crippen molar-refractivity contribution in [3.63, 3.8) is 0 Å². The van der Waals surface area contributed by atoms with E-state index in [1.54, 1.807) is 24.5 Å². The van der Waals surface area contributed by atoms with Crippen molar-refractivity contribution in [2.45, 2.75) is 20.0 Å². The maximum atomic E-state index is 12.1. The van der Waals surface area contributed by atoms with Gasteiger partial charge in [-0.2, -0.15) is 0 Å². The molecule has 20 heavy (non-hydrogen) atoms. The van der Waals surface area contributed by atoms with Gasteiger partial charge in [0.15, 0.2) is 0 Å². The van der Waals surface area contributed by atoms with Gasteiger partial charge in [-0.05, 0) is 26.0 Å². The third kappa shape index (κ3) is 3.68. The highest BCUT2D eigenvalue weighted by Crippen LogP contribution is 2.24. The molecule has 1 amide bonds. The van der Waals surface area contributed by atoms with Crippen LogP contribution >= 0.6 is 11.6 Å². The van der Waals surface area contributed by atoms with Crippen LogP contribution in [-0.4, -0.2) is 22.0 Å². The predicted octanol–water partition coefficient (Wildman–Crippen LogP) is 3.17. The molecule has 0 spiro atoms. The summed E-state index contributed by atoms with van der Waals surface area (Å²) in [7, 11) is 0. The number of nitrogens with zero attached hydrogens (tertiary/aromatic N) is 2. The minimum Gasteiger partial charge on any atom is -0.489 e. The molecular weight excluding hydrogens is 278 g/mol. The zero-order valence-electron chi connectivity index (χ0n) is 11.1. The lowest BCUT2D eigenvalue weighted by molar-refractivity contribution is 0.102. The lowest BCUT2D eigenvalue weighted by Crippen LogP contribution is -2.14. The van der Waals surface area contributed by atoms with E-state index in [0.29, 0.717) is 17.0 Å². The molecule has 2 rings (SSSR count). The molecule has 0 aliphatic heterocycles. The Morgan fingerprint density at radius 2 is 2.15 bits per heavy atom. The van der Waals surface area contributed by atoms with Crippen LogP contribution in [0.5, 0.6) is 5.75 Å². The topological polar surface area (TPSA) is 64.1 Å². The van der Waals surface area contributed by atoms with Crippen LogP contribution in [0.25, 0.3) is 0 Å². The number of nitrogens with one attached hydrogen (secondary N) is 1. The molecule has 2 aromatic rings. The Balaban J connectivity index is 2.19. The number of hydrogen-bond acceptors (Lipinski definition) is 4. The van der Waals surface area contributed by atoms with Crippen LogP contribution in [0.15, 0.2) is 36.8 Å². The molecule has 0 atom stereocenters. The first-order valence-corrected chi connectivity index (χ1v) is 6.47. The number of aromatic nitrogens is 2. The number of hydrogen-bond donors (Lipinski definition) is 1. The van der Waals surface area contributed by atoms with Crippen molar-refractivity contribution >= 4 is 23.2 Å². The number of halogens is 1. The number of pyridine rings is 2. The minimum absolute atomic E-state index is 0.00317. The fraction of sp³-hybridized carbons (Fsp3) is 0.214. The van der Waals surface area contributed by atoms with Crippen LogP contribution in [0.2, 0.25) is 5.15 Å². The Morgan fingerprint density at radius 3 is 2.85 bits per heavy atom. The highest BCUT2D eigenvalue weighted by Gasteiger charge is 2.11. The second-order valence-electron chi connectivity index (χ2n) is 4.36. The van der Waals surface area contributed by atoms with E-state index in [1.165, 1.54) is 12.3 Å². The molecule has 0 aromatic carbocycles. The first-order chi connectivity index (χ1) is 9.56. The highest BCUT2D eigenvalue weighted by atomic mass is 35.5. The summed E-state index contributed by atoms with van der Waals surface area (Å²) in [6, 6.07) is 4.78. The van der Waals surface area contributed by atoms with Crippen molar-refractivity contribution in [2.75, 3.05) is 5.32 Å². The van der Waals surface area contributed by atoms with E-state index in [2.05, 4.69) is 15.3 Å². The molecule has 6 heteroatoms. The summed E-state index contributed by atoms with van der Waals surface area (Å²) < 4.78 is 5.61. The van der Waals surface area contributed by atoms with Crippen LogP contribution in [0.1, 0.15) is 24.2 Å². The molecule has 0 radical (unpaired) electrons. The number of amides is 1. The normalized spacial score (nSPS) is 10.4. The Kier molecular flexibility index (Phi) is 4.53.